The summed E-state index contributed by atoms with van der Waals surface area (Å²) in [5.41, 5.74) is 0. The number of ether oxygens (including phenoxy) is 2. The number of phosphoric acid groups is 1. The van der Waals surface area contributed by atoms with Crippen LogP contribution in [0.15, 0.2) is 24.3 Å². The summed E-state index contributed by atoms with van der Waals surface area (Å²) < 4.78 is 34.4. The summed E-state index contributed by atoms with van der Waals surface area (Å²) in [5.74, 6) is -0.794. The first-order chi connectivity index (χ1) is 27.5. The summed E-state index contributed by atoms with van der Waals surface area (Å²) in [6.45, 7) is 4.42. The summed E-state index contributed by atoms with van der Waals surface area (Å²) in [7, 11) is 1.48. The summed E-state index contributed by atoms with van der Waals surface area (Å²) in [5, 5.41) is 0. The Morgan fingerprint density at radius 1 is 0.544 bits per heavy atom. The Hall–Kier alpha value is -1.51. The van der Waals surface area contributed by atoms with E-state index < -0.39 is 26.5 Å². The maximum Gasteiger partial charge on any atom is 0.472 e. The van der Waals surface area contributed by atoms with E-state index in [0.29, 0.717) is 17.4 Å². The van der Waals surface area contributed by atoms with Crippen molar-refractivity contribution in [1.82, 2.24) is 0 Å². The molecule has 0 radical (unpaired) electrons. The average molecular weight is 829 g/mol. The molecule has 2 atom stereocenters. The van der Waals surface area contributed by atoms with Gasteiger partial charge in [0.25, 0.3) is 0 Å². The van der Waals surface area contributed by atoms with Crippen LogP contribution in [0.3, 0.4) is 0 Å². The van der Waals surface area contributed by atoms with Crippen molar-refractivity contribution in [2.24, 2.45) is 0 Å². The Morgan fingerprint density at radius 3 is 1.42 bits per heavy atom. The normalized spacial score (nSPS) is 13.7. The number of nitrogens with zero attached hydrogens (tertiary/aromatic N) is 1. The minimum atomic E-state index is -4.37. The Labute approximate surface area is 351 Å². The molecular formula is C47H91NO8P+. The molecule has 0 aromatic carbocycles. The summed E-state index contributed by atoms with van der Waals surface area (Å²) in [6, 6.07) is 0. The van der Waals surface area contributed by atoms with E-state index in [1.54, 1.807) is 0 Å². The first kappa shape index (κ1) is 55.5. The number of carbonyl (C=O) groups is 2. The lowest BCUT2D eigenvalue weighted by atomic mass is 10.0. The van der Waals surface area contributed by atoms with Crippen molar-refractivity contribution >= 4 is 19.8 Å². The van der Waals surface area contributed by atoms with Crippen molar-refractivity contribution in [3.8, 4) is 0 Å². The largest absolute Gasteiger partial charge is 0.472 e. The third-order valence-corrected chi connectivity index (χ3v) is 11.2. The molecule has 0 saturated carbocycles. The second-order valence-electron chi connectivity index (χ2n) is 17.1. The zero-order valence-corrected chi connectivity index (χ0v) is 38.7. The van der Waals surface area contributed by atoms with Gasteiger partial charge in [0.1, 0.15) is 19.8 Å². The van der Waals surface area contributed by atoms with Crippen molar-refractivity contribution in [2.45, 2.75) is 219 Å². The van der Waals surface area contributed by atoms with Crippen LogP contribution < -0.4 is 0 Å². The number of allylic oxidation sites excluding steroid dienone is 4. The molecule has 1 N–H and O–H groups in total. The zero-order chi connectivity index (χ0) is 42.1. The van der Waals surface area contributed by atoms with E-state index in [0.717, 1.165) is 38.5 Å². The van der Waals surface area contributed by atoms with Gasteiger partial charge in [0.15, 0.2) is 6.10 Å². The summed E-state index contributed by atoms with van der Waals surface area (Å²) >= 11 is 0. The molecule has 0 aliphatic heterocycles. The van der Waals surface area contributed by atoms with Crippen molar-refractivity contribution in [1.29, 1.82) is 0 Å². The van der Waals surface area contributed by atoms with Crippen LogP contribution >= 0.6 is 7.82 Å². The van der Waals surface area contributed by atoms with Crippen LogP contribution in [0.5, 0.6) is 0 Å². The monoisotopic (exact) mass is 829 g/mol. The molecule has 0 aliphatic rings. The summed E-state index contributed by atoms with van der Waals surface area (Å²) in [4.78, 5) is 35.4. The molecule has 0 fully saturated rings. The van der Waals surface area contributed by atoms with E-state index in [1.165, 1.54) is 141 Å². The fourth-order valence-corrected chi connectivity index (χ4v) is 7.26. The third kappa shape index (κ3) is 43.9. The lowest BCUT2D eigenvalue weighted by molar-refractivity contribution is -0.870. The molecule has 0 saturated heterocycles. The van der Waals surface area contributed by atoms with Gasteiger partial charge >= 0.3 is 19.8 Å². The van der Waals surface area contributed by atoms with Gasteiger partial charge in [0, 0.05) is 12.8 Å². The number of hydrogen-bond acceptors (Lipinski definition) is 7. The average Bonchev–Trinajstić information content (AvgIpc) is 3.16. The van der Waals surface area contributed by atoms with E-state index in [1.807, 2.05) is 21.1 Å². The van der Waals surface area contributed by atoms with Crippen LogP contribution in [0.2, 0.25) is 0 Å². The quantitative estimate of drug-likeness (QED) is 0.0213. The van der Waals surface area contributed by atoms with E-state index in [4.69, 9.17) is 18.5 Å². The molecule has 0 heterocycles. The Bertz CT molecular complexity index is 1030. The van der Waals surface area contributed by atoms with Crippen LogP contribution in [0, 0.1) is 0 Å². The highest BCUT2D eigenvalue weighted by atomic mass is 31.2. The van der Waals surface area contributed by atoms with Crippen LogP contribution in [0.25, 0.3) is 0 Å². The van der Waals surface area contributed by atoms with E-state index in [2.05, 4.69) is 38.2 Å². The van der Waals surface area contributed by atoms with Crippen LogP contribution in [0.4, 0.5) is 0 Å². The Balaban J connectivity index is 4.28. The van der Waals surface area contributed by atoms with Crippen molar-refractivity contribution in [3.05, 3.63) is 24.3 Å². The molecule has 0 bridgehead atoms. The van der Waals surface area contributed by atoms with Crippen LogP contribution in [0.1, 0.15) is 213 Å². The van der Waals surface area contributed by atoms with Gasteiger partial charge in [-0.15, -0.1) is 0 Å². The van der Waals surface area contributed by atoms with Gasteiger partial charge in [0.2, 0.25) is 0 Å². The molecule has 10 heteroatoms. The maximum absolute atomic E-state index is 12.7. The molecular weight excluding hydrogens is 737 g/mol. The maximum atomic E-state index is 12.7. The first-order valence-corrected chi connectivity index (χ1v) is 25.1. The third-order valence-electron chi connectivity index (χ3n) is 10.2. The lowest BCUT2D eigenvalue weighted by Gasteiger charge is -2.24. The van der Waals surface area contributed by atoms with Gasteiger partial charge in [-0.2, -0.15) is 0 Å². The number of esters is 2. The molecule has 1 unspecified atom stereocenters. The Morgan fingerprint density at radius 2 is 0.947 bits per heavy atom. The Kier molecular flexibility index (Phi) is 38.9. The van der Waals surface area contributed by atoms with E-state index in [9.17, 15) is 19.0 Å². The topological polar surface area (TPSA) is 108 Å². The number of phosphoric ester groups is 1. The fourth-order valence-electron chi connectivity index (χ4n) is 6.52. The van der Waals surface area contributed by atoms with Crippen molar-refractivity contribution in [2.75, 3.05) is 47.5 Å². The van der Waals surface area contributed by atoms with Gasteiger partial charge in [-0.05, 0) is 44.9 Å². The molecule has 9 nitrogen and oxygen atoms in total. The summed E-state index contributed by atoms with van der Waals surface area (Å²) in [6.07, 6.45) is 43.6. The molecule has 0 amide bonds. The predicted octanol–water partition coefficient (Wildman–Crippen LogP) is 13.5. The number of quaternary nitrogens is 1. The molecule has 57 heavy (non-hydrogen) atoms. The van der Waals surface area contributed by atoms with E-state index >= 15 is 0 Å². The van der Waals surface area contributed by atoms with Crippen LogP contribution in [-0.2, 0) is 32.7 Å². The number of rotatable bonds is 43. The molecule has 0 rings (SSSR count). The van der Waals surface area contributed by atoms with Gasteiger partial charge in [-0.3, -0.25) is 18.6 Å². The fraction of sp³-hybridized carbons (Fsp3) is 0.872. The molecule has 0 aromatic rings. The minimum Gasteiger partial charge on any atom is -0.462 e. The molecule has 0 spiro atoms. The van der Waals surface area contributed by atoms with Gasteiger partial charge in [0.05, 0.1) is 27.7 Å². The second kappa shape index (κ2) is 39.9. The van der Waals surface area contributed by atoms with Gasteiger partial charge in [-0.25, -0.2) is 4.57 Å². The second-order valence-corrected chi connectivity index (χ2v) is 18.6. The van der Waals surface area contributed by atoms with Gasteiger partial charge < -0.3 is 18.9 Å². The predicted molar refractivity (Wildman–Crippen MR) is 238 cm³/mol. The first-order valence-electron chi connectivity index (χ1n) is 23.6. The van der Waals surface area contributed by atoms with Crippen molar-refractivity contribution < 1.29 is 42.1 Å². The minimum absolute atomic E-state index is 0.0332. The van der Waals surface area contributed by atoms with E-state index in [-0.39, 0.29) is 32.0 Å². The lowest BCUT2D eigenvalue weighted by Crippen LogP contribution is -2.37. The zero-order valence-electron chi connectivity index (χ0n) is 37.8. The highest BCUT2D eigenvalue weighted by Crippen LogP contribution is 2.43. The van der Waals surface area contributed by atoms with Crippen molar-refractivity contribution in [3.63, 3.8) is 0 Å². The van der Waals surface area contributed by atoms with Crippen LogP contribution in [-0.4, -0.2) is 74.9 Å². The highest BCUT2D eigenvalue weighted by molar-refractivity contribution is 7.47. The smallest absolute Gasteiger partial charge is 0.462 e. The molecule has 0 aliphatic carbocycles. The number of carbonyl (C=O) groups excluding carboxylic acids is 2. The number of unbranched alkanes of at least 4 members (excludes halogenated alkanes) is 25. The SMILES string of the molecule is CCCCC/C=C/C/C=C/CCCCCCCCCCCC(=O)OC[C@@H](COP(=O)(O)OCC[N+](C)(C)C)OC(=O)CCCCCCCCCCCCCCCC. The van der Waals surface area contributed by atoms with Gasteiger partial charge in [-0.1, -0.05) is 179 Å². The molecule has 336 valence electrons. The number of likely N-dealkylation sites (N-methyl/N-ethyl adjacent to an activating group) is 1. The standard InChI is InChI=1S/C47H90NO8P/c1-6-8-10-12-14-16-18-20-22-23-24-25-26-28-29-31-33-35-37-39-46(49)53-43-45(44-55-57(51,52)54-42-41-48(3,4)5)56-47(50)40-38-36-34-32-30-27-21-19-17-15-13-11-9-7-2/h14,16,20,22,45H,6-13,15,17-19,21,23-44H2,1-5H3/p+1/b16-14+,22-20+/t45-/m0/s1. The highest BCUT2D eigenvalue weighted by Gasteiger charge is 2.27. The number of hydrogen-bond donors (Lipinski definition) is 1. The molecule has 0 aromatic heterocycles.